The minimum absolute atomic E-state index is 1.14. The van der Waals surface area contributed by atoms with E-state index >= 15 is 0 Å². The molecular formula is C78H51N3. The van der Waals surface area contributed by atoms with Crippen molar-refractivity contribution in [1.82, 2.24) is 13.7 Å². The fraction of sp³-hybridized carbons (Fsp3) is 0. The summed E-state index contributed by atoms with van der Waals surface area (Å²) in [6.07, 6.45) is 0. The van der Waals surface area contributed by atoms with Crippen molar-refractivity contribution in [2.24, 2.45) is 0 Å². The number of benzene rings is 13. The lowest BCUT2D eigenvalue weighted by molar-refractivity contribution is 1.18. The molecule has 0 unspecified atom stereocenters. The number of fused-ring (bicyclic) bond motifs is 9. The molecule has 0 saturated carbocycles. The Balaban J connectivity index is 0.818. The molecule has 3 nitrogen and oxygen atoms in total. The van der Waals surface area contributed by atoms with Gasteiger partial charge in [-0.3, -0.25) is 0 Å². The first kappa shape index (κ1) is 46.4. The third kappa shape index (κ3) is 7.89. The van der Waals surface area contributed by atoms with Crippen LogP contribution in [-0.2, 0) is 0 Å². The standard InChI is InChI=1S/C78H51N3/c1-7-37-73-67(31-1)68-32-2-8-38-74(68)79(73)64-28-16-25-58(49-64)52-19-13-22-55(43-52)61-46-62(56-23-14-20-53(44-56)59-26-17-29-65(50-59)80-75-39-9-3-33-69(75)70-34-4-10-40-76(70)80)48-63(47-61)57-24-15-21-54(45-57)60-27-18-30-66(51-60)81-77-41-11-5-35-71(77)72-36-6-12-42-78(72)81/h1-51H. The largest absolute Gasteiger partial charge is 0.309 e. The Morgan fingerprint density at radius 2 is 0.309 bits per heavy atom. The Bertz CT molecular complexity index is 4460. The van der Waals surface area contributed by atoms with Crippen LogP contribution in [0, 0.1) is 0 Å². The molecule has 0 atom stereocenters. The van der Waals surface area contributed by atoms with Crippen molar-refractivity contribution in [1.29, 1.82) is 0 Å². The van der Waals surface area contributed by atoms with Gasteiger partial charge in [-0.25, -0.2) is 0 Å². The summed E-state index contributed by atoms with van der Waals surface area (Å²) >= 11 is 0. The van der Waals surface area contributed by atoms with Crippen LogP contribution in [0.25, 0.3) is 149 Å². The molecular weight excluding hydrogens is 979 g/mol. The zero-order chi connectivity index (χ0) is 53.4. The first-order valence-electron chi connectivity index (χ1n) is 27.9. The molecule has 3 heterocycles. The topological polar surface area (TPSA) is 14.8 Å². The molecule has 0 amide bonds. The SMILES string of the molecule is c1cc(-c2cc(-c3cccc(-c4cccc(-n5c6ccccc6c6ccccc65)c4)c3)cc(-c3cccc(-c4cccc(-n5c6ccccc6c6ccccc65)c4)c3)c2)cc(-c2cccc(-n3c4ccccc4c4ccccc43)c2)c1. The first-order valence-corrected chi connectivity index (χ1v) is 27.9. The highest BCUT2D eigenvalue weighted by atomic mass is 15.0. The van der Waals surface area contributed by atoms with Crippen LogP contribution in [0.2, 0.25) is 0 Å². The number of hydrogen-bond acceptors (Lipinski definition) is 0. The van der Waals surface area contributed by atoms with Gasteiger partial charge in [-0.2, -0.15) is 0 Å². The van der Waals surface area contributed by atoms with Crippen molar-refractivity contribution >= 4 is 65.4 Å². The van der Waals surface area contributed by atoms with E-state index in [-0.39, 0.29) is 0 Å². The second kappa shape index (κ2) is 19.0. The van der Waals surface area contributed by atoms with E-state index in [0.717, 1.165) is 67.1 Å². The maximum atomic E-state index is 2.40. The van der Waals surface area contributed by atoms with E-state index in [9.17, 15) is 0 Å². The van der Waals surface area contributed by atoms with Gasteiger partial charge in [-0.1, -0.05) is 200 Å². The molecule has 378 valence electrons. The molecule has 0 aliphatic carbocycles. The minimum Gasteiger partial charge on any atom is -0.309 e. The van der Waals surface area contributed by atoms with Crippen molar-refractivity contribution in [3.05, 3.63) is 309 Å². The summed E-state index contributed by atoms with van der Waals surface area (Å²) in [4.78, 5) is 0. The van der Waals surface area contributed by atoms with Crippen molar-refractivity contribution in [2.75, 3.05) is 0 Å². The molecule has 13 aromatic carbocycles. The minimum atomic E-state index is 1.14. The predicted octanol–water partition coefficient (Wildman–Crippen LogP) is 21.0. The van der Waals surface area contributed by atoms with Gasteiger partial charge in [0, 0.05) is 49.4 Å². The number of aromatic nitrogens is 3. The van der Waals surface area contributed by atoms with Crippen LogP contribution in [0.15, 0.2) is 309 Å². The van der Waals surface area contributed by atoms with Crippen LogP contribution in [0.5, 0.6) is 0 Å². The molecule has 0 radical (unpaired) electrons. The second-order valence-corrected chi connectivity index (χ2v) is 21.3. The highest BCUT2D eigenvalue weighted by Crippen LogP contribution is 2.41. The van der Waals surface area contributed by atoms with E-state index in [1.54, 1.807) is 0 Å². The van der Waals surface area contributed by atoms with Crippen molar-refractivity contribution in [2.45, 2.75) is 0 Å². The van der Waals surface area contributed by atoms with Gasteiger partial charge in [-0.05, 0) is 176 Å². The van der Waals surface area contributed by atoms with Crippen molar-refractivity contribution in [3.63, 3.8) is 0 Å². The van der Waals surface area contributed by atoms with Crippen molar-refractivity contribution < 1.29 is 0 Å². The molecule has 0 fully saturated rings. The van der Waals surface area contributed by atoms with E-state index in [1.165, 1.54) is 82.1 Å². The van der Waals surface area contributed by atoms with Gasteiger partial charge in [0.05, 0.1) is 33.1 Å². The third-order valence-corrected chi connectivity index (χ3v) is 16.6. The third-order valence-electron chi connectivity index (χ3n) is 16.6. The molecule has 0 spiro atoms. The van der Waals surface area contributed by atoms with Gasteiger partial charge in [0.15, 0.2) is 0 Å². The molecule has 16 aromatic rings. The smallest absolute Gasteiger partial charge is 0.0541 e. The van der Waals surface area contributed by atoms with Gasteiger partial charge in [-0.15, -0.1) is 0 Å². The maximum absolute atomic E-state index is 2.40. The van der Waals surface area contributed by atoms with Gasteiger partial charge >= 0.3 is 0 Å². The van der Waals surface area contributed by atoms with Crippen LogP contribution >= 0.6 is 0 Å². The second-order valence-electron chi connectivity index (χ2n) is 21.3. The molecule has 0 N–H and O–H groups in total. The van der Waals surface area contributed by atoms with E-state index < -0.39 is 0 Å². The Labute approximate surface area is 469 Å². The van der Waals surface area contributed by atoms with Crippen LogP contribution in [-0.4, -0.2) is 13.7 Å². The Kier molecular flexibility index (Phi) is 10.9. The summed E-state index contributed by atoms with van der Waals surface area (Å²) in [5.41, 5.74) is 24.6. The van der Waals surface area contributed by atoms with Gasteiger partial charge < -0.3 is 13.7 Å². The van der Waals surface area contributed by atoms with Crippen LogP contribution in [0.4, 0.5) is 0 Å². The van der Waals surface area contributed by atoms with Gasteiger partial charge in [0.1, 0.15) is 0 Å². The molecule has 0 aliphatic heterocycles. The number of para-hydroxylation sites is 6. The molecule has 3 heteroatoms. The van der Waals surface area contributed by atoms with Crippen LogP contribution in [0.3, 0.4) is 0 Å². The molecule has 81 heavy (non-hydrogen) atoms. The van der Waals surface area contributed by atoms with E-state index in [4.69, 9.17) is 0 Å². The molecule has 0 saturated heterocycles. The predicted molar refractivity (Wildman–Crippen MR) is 342 cm³/mol. The fourth-order valence-corrected chi connectivity index (χ4v) is 12.8. The molecule has 0 bridgehead atoms. The Hall–Kier alpha value is -10.7. The summed E-state index contributed by atoms with van der Waals surface area (Å²) in [6, 6.07) is 114. The Morgan fingerprint density at radius 1 is 0.136 bits per heavy atom. The maximum Gasteiger partial charge on any atom is 0.0541 e. The quantitative estimate of drug-likeness (QED) is 0.137. The Morgan fingerprint density at radius 3 is 0.543 bits per heavy atom. The lowest BCUT2D eigenvalue weighted by atomic mass is 9.90. The lowest BCUT2D eigenvalue weighted by Crippen LogP contribution is -1.94. The average molecular weight is 1030 g/mol. The monoisotopic (exact) mass is 1030 g/mol. The normalized spacial score (nSPS) is 11.7. The van der Waals surface area contributed by atoms with Crippen molar-refractivity contribution in [3.8, 4) is 83.8 Å². The molecule has 3 aromatic heterocycles. The first-order chi connectivity index (χ1) is 40.1. The summed E-state index contributed by atoms with van der Waals surface area (Å²) in [5.74, 6) is 0. The summed E-state index contributed by atoms with van der Waals surface area (Å²) in [5, 5.41) is 7.54. The molecule has 16 rings (SSSR count). The summed E-state index contributed by atoms with van der Waals surface area (Å²) in [6.45, 7) is 0. The van der Waals surface area contributed by atoms with Crippen LogP contribution < -0.4 is 0 Å². The van der Waals surface area contributed by atoms with E-state index in [1.807, 2.05) is 0 Å². The highest BCUT2D eigenvalue weighted by molar-refractivity contribution is 6.11. The van der Waals surface area contributed by atoms with Gasteiger partial charge in [0.2, 0.25) is 0 Å². The molecule has 0 aliphatic rings. The zero-order valence-electron chi connectivity index (χ0n) is 44.3. The summed E-state index contributed by atoms with van der Waals surface area (Å²) in [7, 11) is 0. The highest BCUT2D eigenvalue weighted by Gasteiger charge is 2.17. The fourth-order valence-electron chi connectivity index (χ4n) is 12.8. The number of rotatable bonds is 9. The number of hydrogen-bond donors (Lipinski definition) is 0. The summed E-state index contributed by atoms with van der Waals surface area (Å²) < 4.78 is 7.20. The van der Waals surface area contributed by atoms with Crippen LogP contribution in [0.1, 0.15) is 0 Å². The lowest BCUT2D eigenvalue weighted by Gasteiger charge is -2.15. The van der Waals surface area contributed by atoms with E-state index in [2.05, 4.69) is 323 Å². The van der Waals surface area contributed by atoms with E-state index in [0.29, 0.717) is 0 Å². The van der Waals surface area contributed by atoms with Gasteiger partial charge in [0.25, 0.3) is 0 Å². The zero-order valence-corrected chi connectivity index (χ0v) is 44.3. The average Bonchev–Trinajstić information content (AvgIpc) is 4.30. The number of nitrogens with zero attached hydrogens (tertiary/aromatic N) is 3.